The second-order valence-electron chi connectivity index (χ2n) is 4.17. The predicted molar refractivity (Wildman–Crippen MR) is 63.3 cm³/mol. The number of aromatic carboxylic acids is 1. The minimum atomic E-state index is -1.33. The molecule has 1 aromatic heterocycles. The van der Waals surface area contributed by atoms with Crippen LogP contribution in [-0.2, 0) is 6.61 Å². The summed E-state index contributed by atoms with van der Waals surface area (Å²) in [6.45, 7) is 4.16. The van der Waals surface area contributed by atoms with Gasteiger partial charge in [-0.2, -0.15) is 0 Å². The minimum Gasteiger partial charge on any atom is -0.542 e. The van der Waals surface area contributed by atoms with Gasteiger partial charge in [-0.05, 0) is 49.2 Å². The zero-order chi connectivity index (χ0) is 13.1. The van der Waals surface area contributed by atoms with E-state index in [4.69, 9.17) is 9.15 Å². The van der Waals surface area contributed by atoms with Gasteiger partial charge in [0.1, 0.15) is 29.8 Å². The highest BCUT2D eigenvalue weighted by Crippen LogP contribution is 2.18. The summed E-state index contributed by atoms with van der Waals surface area (Å²) in [5.41, 5.74) is 2.22. The Morgan fingerprint density at radius 2 is 1.89 bits per heavy atom. The average molecular weight is 245 g/mol. The fraction of sp³-hybridized carbons (Fsp3) is 0.214. The quantitative estimate of drug-likeness (QED) is 0.824. The Morgan fingerprint density at radius 1 is 1.22 bits per heavy atom. The number of carboxylic acid groups (broad SMARTS) is 1. The second kappa shape index (κ2) is 4.96. The maximum absolute atomic E-state index is 10.5. The van der Waals surface area contributed by atoms with Gasteiger partial charge in [0.25, 0.3) is 0 Å². The highest BCUT2D eigenvalue weighted by Gasteiger charge is 2.04. The molecule has 2 aromatic rings. The van der Waals surface area contributed by atoms with E-state index in [2.05, 4.69) is 0 Å². The molecule has 0 saturated carbocycles. The first kappa shape index (κ1) is 12.2. The molecule has 4 heteroatoms. The second-order valence-corrected chi connectivity index (χ2v) is 4.17. The number of carbonyl (C=O) groups excluding carboxylic acids is 1. The molecule has 0 amide bonds. The van der Waals surface area contributed by atoms with Crippen molar-refractivity contribution in [1.82, 2.24) is 0 Å². The third kappa shape index (κ3) is 2.91. The zero-order valence-electron chi connectivity index (χ0n) is 10.2. The van der Waals surface area contributed by atoms with Crippen molar-refractivity contribution in [2.45, 2.75) is 20.5 Å². The summed E-state index contributed by atoms with van der Waals surface area (Å²) in [7, 11) is 0. The van der Waals surface area contributed by atoms with Gasteiger partial charge in [0, 0.05) is 0 Å². The molecule has 0 unspecified atom stereocenters. The number of hydrogen-bond acceptors (Lipinski definition) is 4. The van der Waals surface area contributed by atoms with Crippen LogP contribution in [0.3, 0.4) is 0 Å². The number of aryl methyl sites for hydroxylation is 2. The molecule has 2 rings (SSSR count). The Hall–Kier alpha value is -2.23. The van der Waals surface area contributed by atoms with Crippen LogP contribution in [0.5, 0.6) is 5.75 Å². The van der Waals surface area contributed by atoms with Gasteiger partial charge in [-0.15, -0.1) is 0 Å². The van der Waals surface area contributed by atoms with Gasteiger partial charge >= 0.3 is 0 Å². The summed E-state index contributed by atoms with van der Waals surface area (Å²) in [5.74, 6) is -0.325. The Kier molecular flexibility index (Phi) is 3.37. The lowest BCUT2D eigenvalue weighted by Gasteiger charge is -2.06. The van der Waals surface area contributed by atoms with Gasteiger partial charge in [0.2, 0.25) is 0 Å². The van der Waals surface area contributed by atoms with Crippen molar-refractivity contribution in [3.05, 3.63) is 53.0 Å². The highest BCUT2D eigenvalue weighted by atomic mass is 16.5. The molecule has 0 bridgehead atoms. The van der Waals surface area contributed by atoms with Crippen molar-refractivity contribution in [3.63, 3.8) is 0 Å². The lowest BCUT2D eigenvalue weighted by molar-refractivity contribution is -0.257. The van der Waals surface area contributed by atoms with Crippen molar-refractivity contribution in [2.75, 3.05) is 0 Å². The molecule has 0 saturated heterocycles. The van der Waals surface area contributed by atoms with E-state index in [0.29, 0.717) is 5.76 Å². The van der Waals surface area contributed by atoms with Crippen LogP contribution in [0.4, 0.5) is 0 Å². The van der Waals surface area contributed by atoms with E-state index >= 15 is 0 Å². The van der Waals surface area contributed by atoms with Crippen LogP contribution in [0.25, 0.3) is 0 Å². The van der Waals surface area contributed by atoms with Crippen LogP contribution in [0.1, 0.15) is 27.4 Å². The molecule has 0 aliphatic heterocycles. The van der Waals surface area contributed by atoms with Gasteiger partial charge in [-0.3, -0.25) is 0 Å². The SMILES string of the molecule is Cc1cc(C)cc(OCc2ccc(C(=O)[O-])o2)c1. The zero-order valence-corrected chi connectivity index (χ0v) is 10.2. The lowest BCUT2D eigenvalue weighted by Crippen LogP contribution is -2.21. The Bertz CT molecular complexity index is 549. The summed E-state index contributed by atoms with van der Waals surface area (Å²) >= 11 is 0. The van der Waals surface area contributed by atoms with E-state index < -0.39 is 5.97 Å². The van der Waals surface area contributed by atoms with Crippen molar-refractivity contribution in [2.24, 2.45) is 0 Å². The summed E-state index contributed by atoms with van der Waals surface area (Å²) in [5, 5.41) is 10.5. The maximum Gasteiger partial charge on any atom is 0.149 e. The Morgan fingerprint density at radius 3 is 2.44 bits per heavy atom. The maximum atomic E-state index is 10.5. The molecule has 18 heavy (non-hydrogen) atoms. The van der Waals surface area contributed by atoms with E-state index in [1.54, 1.807) is 6.07 Å². The number of carbonyl (C=O) groups is 1. The molecular formula is C14H13O4-. The summed E-state index contributed by atoms with van der Waals surface area (Å²) < 4.78 is 10.6. The largest absolute Gasteiger partial charge is 0.542 e. The van der Waals surface area contributed by atoms with Crippen LogP contribution in [0, 0.1) is 13.8 Å². The molecule has 1 heterocycles. The van der Waals surface area contributed by atoms with Crippen molar-refractivity contribution < 1.29 is 19.1 Å². The lowest BCUT2D eigenvalue weighted by atomic mass is 10.1. The fourth-order valence-corrected chi connectivity index (χ4v) is 1.74. The van der Waals surface area contributed by atoms with E-state index in [9.17, 15) is 9.90 Å². The van der Waals surface area contributed by atoms with Crippen molar-refractivity contribution in [1.29, 1.82) is 0 Å². The Balaban J connectivity index is 2.04. The molecule has 0 radical (unpaired) electrons. The molecule has 0 N–H and O–H groups in total. The first-order chi connectivity index (χ1) is 8.54. The van der Waals surface area contributed by atoms with E-state index in [-0.39, 0.29) is 12.4 Å². The van der Waals surface area contributed by atoms with Gasteiger partial charge in [0.05, 0.1) is 0 Å². The van der Waals surface area contributed by atoms with Crippen LogP contribution in [-0.4, -0.2) is 5.97 Å². The number of furan rings is 1. The van der Waals surface area contributed by atoms with Gasteiger partial charge in [-0.25, -0.2) is 0 Å². The smallest absolute Gasteiger partial charge is 0.149 e. The molecule has 1 aromatic carbocycles. The number of rotatable bonds is 4. The standard InChI is InChI=1S/C14H14O4/c1-9-5-10(2)7-12(6-9)17-8-11-3-4-13(18-11)14(15)16/h3-7H,8H2,1-2H3,(H,15,16)/p-1. The highest BCUT2D eigenvalue weighted by molar-refractivity contribution is 5.82. The van der Waals surface area contributed by atoms with E-state index in [0.717, 1.165) is 16.9 Å². The first-order valence-electron chi connectivity index (χ1n) is 5.56. The summed E-state index contributed by atoms with van der Waals surface area (Å²) in [4.78, 5) is 10.5. The Labute approximate surface area is 105 Å². The molecule has 0 aliphatic carbocycles. The average Bonchev–Trinajstić information content (AvgIpc) is 2.73. The number of hydrogen-bond donors (Lipinski definition) is 0. The van der Waals surface area contributed by atoms with Crippen LogP contribution >= 0.6 is 0 Å². The molecule has 94 valence electrons. The van der Waals surface area contributed by atoms with Gasteiger partial charge in [-0.1, -0.05) is 6.07 Å². The predicted octanol–water partition coefficient (Wildman–Crippen LogP) is 1.84. The normalized spacial score (nSPS) is 10.3. The van der Waals surface area contributed by atoms with Crippen LogP contribution in [0.15, 0.2) is 34.7 Å². The fourth-order valence-electron chi connectivity index (χ4n) is 1.74. The van der Waals surface area contributed by atoms with Crippen LogP contribution in [0.2, 0.25) is 0 Å². The minimum absolute atomic E-state index is 0.186. The number of carboxylic acids is 1. The van der Waals surface area contributed by atoms with E-state index in [1.165, 1.54) is 6.07 Å². The third-order valence-electron chi connectivity index (χ3n) is 2.44. The van der Waals surface area contributed by atoms with Crippen molar-refractivity contribution >= 4 is 5.97 Å². The monoisotopic (exact) mass is 245 g/mol. The molecule has 0 fully saturated rings. The molecular weight excluding hydrogens is 232 g/mol. The molecule has 4 nitrogen and oxygen atoms in total. The first-order valence-corrected chi connectivity index (χ1v) is 5.56. The topological polar surface area (TPSA) is 62.5 Å². The molecule has 0 aliphatic rings. The van der Waals surface area contributed by atoms with Crippen LogP contribution < -0.4 is 9.84 Å². The number of benzene rings is 1. The number of ether oxygens (including phenoxy) is 1. The van der Waals surface area contributed by atoms with Gasteiger partial charge < -0.3 is 19.1 Å². The summed E-state index contributed by atoms with van der Waals surface area (Å²) in [6, 6.07) is 8.79. The third-order valence-corrected chi connectivity index (χ3v) is 2.44. The molecule has 0 spiro atoms. The summed E-state index contributed by atoms with van der Waals surface area (Å²) in [6.07, 6.45) is 0. The molecule has 0 atom stereocenters. The van der Waals surface area contributed by atoms with Crippen molar-refractivity contribution in [3.8, 4) is 5.75 Å². The van der Waals surface area contributed by atoms with Gasteiger partial charge in [0.15, 0.2) is 0 Å². The van der Waals surface area contributed by atoms with E-state index in [1.807, 2.05) is 32.0 Å².